The lowest BCUT2D eigenvalue weighted by atomic mass is 10.1. The largest absolute Gasteiger partial charge is 0.497 e. The quantitative estimate of drug-likeness (QED) is 0.806. The molecule has 0 spiro atoms. The van der Waals surface area contributed by atoms with Crippen molar-refractivity contribution in [1.29, 1.82) is 0 Å². The summed E-state index contributed by atoms with van der Waals surface area (Å²) in [7, 11) is 1.56. The molecule has 0 saturated carbocycles. The van der Waals surface area contributed by atoms with Gasteiger partial charge in [0, 0.05) is 29.4 Å². The first-order chi connectivity index (χ1) is 11.1. The van der Waals surface area contributed by atoms with Gasteiger partial charge in [-0.05, 0) is 30.3 Å². The second kappa shape index (κ2) is 7.79. The number of amides is 2. The molecule has 0 unspecified atom stereocenters. The smallest absolute Gasteiger partial charge is 0.255 e. The average molecular weight is 310 g/mol. The molecule has 2 rings (SSSR count). The zero-order chi connectivity index (χ0) is 16.7. The van der Waals surface area contributed by atoms with Gasteiger partial charge in [0.1, 0.15) is 5.75 Å². The van der Waals surface area contributed by atoms with Crippen molar-refractivity contribution in [2.24, 2.45) is 0 Å². The Morgan fingerprint density at radius 1 is 1.09 bits per heavy atom. The molecule has 2 aromatic rings. The maximum atomic E-state index is 12.3. The average Bonchev–Trinajstić information content (AvgIpc) is 2.59. The van der Waals surface area contributed by atoms with Crippen LogP contribution in [-0.4, -0.2) is 25.5 Å². The molecular formula is C18H18N2O3. The van der Waals surface area contributed by atoms with Crippen LogP contribution in [0, 0.1) is 0 Å². The number of carbonyl (C=O) groups is 2. The van der Waals surface area contributed by atoms with Crippen LogP contribution in [0.5, 0.6) is 5.75 Å². The lowest BCUT2D eigenvalue weighted by Gasteiger charge is -2.08. The minimum atomic E-state index is -0.295. The Hall–Kier alpha value is -3.08. The molecule has 0 aromatic heterocycles. The lowest BCUT2D eigenvalue weighted by Crippen LogP contribution is -2.23. The highest BCUT2D eigenvalue weighted by molar-refractivity contribution is 6.06. The van der Waals surface area contributed by atoms with Crippen molar-refractivity contribution in [1.82, 2.24) is 5.32 Å². The van der Waals surface area contributed by atoms with Gasteiger partial charge in [0.05, 0.1) is 7.11 Å². The molecule has 5 heteroatoms. The van der Waals surface area contributed by atoms with E-state index in [0.29, 0.717) is 29.1 Å². The summed E-state index contributed by atoms with van der Waals surface area (Å²) in [4.78, 5) is 24.2. The van der Waals surface area contributed by atoms with Gasteiger partial charge in [-0.25, -0.2) is 0 Å². The molecule has 0 aliphatic heterocycles. The van der Waals surface area contributed by atoms with Gasteiger partial charge in [0.15, 0.2) is 0 Å². The summed E-state index contributed by atoms with van der Waals surface area (Å²) in [5, 5.41) is 5.45. The first-order valence-electron chi connectivity index (χ1n) is 7.08. The van der Waals surface area contributed by atoms with Crippen molar-refractivity contribution in [3.63, 3.8) is 0 Å². The highest BCUT2D eigenvalue weighted by atomic mass is 16.5. The van der Waals surface area contributed by atoms with Gasteiger partial charge in [-0.2, -0.15) is 0 Å². The first kappa shape index (κ1) is 16.3. The molecule has 2 N–H and O–H groups in total. The maximum absolute atomic E-state index is 12.3. The van der Waals surface area contributed by atoms with Crippen LogP contribution in [0.4, 0.5) is 5.69 Å². The number of hydrogen-bond donors (Lipinski definition) is 2. The van der Waals surface area contributed by atoms with Gasteiger partial charge in [0.25, 0.3) is 11.8 Å². The minimum Gasteiger partial charge on any atom is -0.497 e. The Kier molecular flexibility index (Phi) is 5.52. The molecule has 118 valence electrons. The molecule has 5 nitrogen and oxygen atoms in total. The Bertz CT molecular complexity index is 726. The van der Waals surface area contributed by atoms with E-state index in [1.807, 2.05) is 0 Å². The van der Waals surface area contributed by atoms with E-state index in [4.69, 9.17) is 4.74 Å². The van der Waals surface area contributed by atoms with E-state index in [0.717, 1.165) is 0 Å². The molecule has 0 saturated heterocycles. The molecule has 0 aliphatic carbocycles. The fourth-order valence-electron chi connectivity index (χ4n) is 1.97. The van der Waals surface area contributed by atoms with E-state index in [-0.39, 0.29) is 11.8 Å². The number of hydrogen-bond acceptors (Lipinski definition) is 3. The summed E-state index contributed by atoms with van der Waals surface area (Å²) in [6, 6.07) is 13.6. The van der Waals surface area contributed by atoms with Crippen LogP contribution in [0.2, 0.25) is 0 Å². The molecule has 0 heterocycles. The minimum absolute atomic E-state index is 0.249. The van der Waals surface area contributed by atoms with Crippen LogP contribution < -0.4 is 15.4 Å². The van der Waals surface area contributed by atoms with E-state index >= 15 is 0 Å². The summed E-state index contributed by atoms with van der Waals surface area (Å²) >= 11 is 0. The van der Waals surface area contributed by atoms with Crippen molar-refractivity contribution in [2.75, 3.05) is 19.0 Å². The zero-order valence-electron chi connectivity index (χ0n) is 12.8. The number of rotatable bonds is 6. The van der Waals surface area contributed by atoms with Crippen molar-refractivity contribution < 1.29 is 14.3 Å². The van der Waals surface area contributed by atoms with Crippen LogP contribution in [0.1, 0.15) is 20.7 Å². The predicted molar refractivity (Wildman–Crippen MR) is 89.9 cm³/mol. The lowest BCUT2D eigenvalue weighted by molar-refractivity contribution is 0.0958. The maximum Gasteiger partial charge on any atom is 0.255 e. The van der Waals surface area contributed by atoms with Gasteiger partial charge in [0.2, 0.25) is 0 Å². The van der Waals surface area contributed by atoms with E-state index < -0.39 is 0 Å². The third-order valence-corrected chi connectivity index (χ3v) is 3.12. The summed E-state index contributed by atoms with van der Waals surface area (Å²) in [6.45, 7) is 3.92. The van der Waals surface area contributed by atoms with Crippen molar-refractivity contribution in [2.45, 2.75) is 0 Å². The summed E-state index contributed by atoms with van der Waals surface area (Å²) in [5.41, 5.74) is 1.44. The fourth-order valence-corrected chi connectivity index (χ4v) is 1.97. The number of methoxy groups -OCH3 is 1. The Balaban J connectivity index is 2.12. The van der Waals surface area contributed by atoms with Crippen molar-refractivity contribution in [3.05, 3.63) is 72.3 Å². The Labute approximate surface area is 135 Å². The van der Waals surface area contributed by atoms with Gasteiger partial charge >= 0.3 is 0 Å². The van der Waals surface area contributed by atoms with Gasteiger partial charge in [-0.15, -0.1) is 6.58 Å². The number of benzene rings is 2. The van der Waals surface area contributed by atoms with Gasteiger partial charge in [-0.3, -0.25) is 9.59 Å². The molecule has 0 radical (unpaired) electrons. The van der Waals surface area contributed by atoms with Crippen LogP contribution >= 0.6 is 0 Å². The standard InChI is InChI=1S/C18H18N2O3/c1-3-10-19-17(21)13-6-4-7-14(11-13)18(22)20-15-8-5-9-16(12-15)23-2/h3-9,11-12H,1,10H2,2H3,(H,19,21)(H,20,22). The third kappa shape index (κ3) is 4.44. The second-order valence-corrected chi connectivity index (χ2v) is 4.77. The fraction of sp³-hybridized carbons (Fsp3) is 0.111. The second-order valence-electron chi connectivity index (χ2n) is 4.77. The van der Waals surface area contributed by atoms with Crippen LogP contribution in [0.25, 0.3) is 0 Å². The number of ether oxygens (including phenoxy) is 1. The van der Waals surface area contributed by atoms with Crippen LogP contribution in [0.15, 0.2) is 61.2 Å². The van der Waals surface area contributed by atoms with Gasteiger partial charge in [-0.1, -0.05) is 18.2 Å². The predicted octanol–water partition coefficient (Wildman–Crippen LogP) is 2.86. The highest BCUT2D eigenvalue weighted by Gasteiger charge is 2.10. The van der Waals surface area contributed by atoms with Crippen molar-refractivity contribution in [3.8, 4) is 5.75 Å². The molecular weight excluding hydrogens is 292 g/mol. The van der Waals surface area contributed by atoms with E-state index in [1.165, 1.54) is 0 Å². The number of carbonyl (C=O) groups excluding carboxylic acids is 2. The summed E-state index contributed by atoms with van der Waals surface area (Å²) in [5.74, 6) is 0.109. The molecule has 2 amide bonds. The zero-order valence-corrected chi connectivity index (χ0v) is 12.8. The SMILES string of the molecule is C=CCNC(=O)c1cccc(C(=O)Nc2cccc(OC)c2)c1. The molecule has 23 heavy (non-hydrogen) atoms. The van der Waals surface area contributed by atoms with Crippen LogP contribution in [0.3, 0.4) is 0 Å². The third-order valence-electron chi connectivity index (χ3n) is 3.12. The normalized spacial score (nSPS) is 9.78. The van der Waals surface area contributed by atoms with Gasteiger partial charge < -0.3 is 15.4 Å². The number of anilines is 1. The van der Waals surface area contributed by atoms with E-state index in [1.54, 1.807) is 61.7 Å². The molecule has 2 aromatic carbocycles. The highest BCUT2D eigenvalue weighted by Crippen LogP contribution is 2.17. The van der Waals surface area contributed by atoms with Crippen LogP contribution in [-0.2, 0) is 0 Å². The molecule has 0 fully saturated rings. The van der Waals surface area contributed by atoms with E-state index in [9.17, 15) is 9.59 Å². The van der Waals surface area contributed by atoms with E-state index in [2.05, 4.69) is 17.2 Å². The topological polar surface area (TPSA) is 67.4 Å². The Morgan fingerprint density at radius 2 is 1.78 bits per heavy atom. The first-order valence-corrected chi connectivity index (χ1v) is 7.08. The summed E-state index contributed by atoms with van der Waals surface area (Å²) < 4.78 is 5.12. The molecule has 0 bridgehead atoms. The summed E-state index contributed by atoms with van der Waals surface area (Å²) in [6.07, 6.45) is 1.59. The number of nitrogens with one attached hydrogen (secondary N) is 2. The molecule has 0 aliphatic rings. The molecule has 0 atom stereocenters. The Morgan fingerprint density at radius 3 is 2.48 bits per heavy atom. The van der Waals surface area contributed by atoms with Crippen molar-refractivity contribution >= 4 is 17.5 Å². The monoisotopic (exact) mass is 310 g/mol.